The molecule has 2 heterocycles. The Kier molecular flexibility index (Phi) is 3.67. The van der Waals surface area contributed by atoms with Crippen molar-refractivity contribution in [3.63, 3.8) is 0 Å². The molecule has 0 saturated carbocycles. The number of aromatic nitrogens is 2. The van der Waals surface area contributed by atoms with Gasteiger partial charge in [-0.3, -0.25) is 4.79 Å². The molecule has 2 aromatic heterocycles. The van der Waals surface area contributed by atoms with E-state index in [0.717, 1.165) is 16.9 Å². The molecule has 3 rings (SSSR count). The van der Waals surface area contributed by atoms with Gasteiger partial charge in [0.1, 0.15) is 5.65 Å². The average Bonchev–Trinajstić information content (AvgIpc) is 2.86. The molecule has 0 spiro atoms. The molecule has 1 aromatic carbocycles. The van der Waals surface area contributed by atoms with E-state index in [9.17, 15) is 9.90 Å². The van der Waals surface area contributed by atoms with Gasteiger partial charge < -0.3 is 9.51 Å². The highest BCUT2D eigenvalue weighted by atomic mass is 16.4. The molecule has 0 aliphatic rings. The Hall–Kier alpha value is -2.62. The average molecular weight is 294 g/mol. The van der Waals surface area contributed by atoms with Crippen LogP contribution in [0.4, 0.5) is 0 Å². The molecule has 0 bridgehead atoms. The minimum atomic E-state index is -0.856. The Balaban J connectivity index is 2.14. The molecule has 0 amide bonds. The Morgan fingerprint density at radius 1 is 1.18 bits per heavy atom. The first-order valence-corrected chi connectivity index (χ1v) is 7.34. The van der Waals surface area contributed by atoms with Gasteiger partial charge in [-0.1, -0.05) is 44.2 Å². The first-order chi connectivity index (χ1) is 10.6. The topological polar surface area (TPSA) is 54.6 Å². The summed E-state index contributed by atoms with van der Waals surface area (Å²) in [5.41, 5.74) is 4.42. The highest BCUT2D eigenvalue weighted by Crippen LogP contribution is 2.26. The molecular weight excluding hydrogens is 276 g/mol. The molecule has 0 unspecified atom stereocenters. The Morgan fingerprint density at radius 2 is 1.91 bits per heavy atom. The lowest BCUT2D eigenvalue weighted by atomic mass is 10.00. The lowest BCUT2D eigenvalue weighted by Gasteiger charge is -2.07. The van der Waals surface area contributed by atoms with Crippen LogP contribution in [0.2, 0.25) is 0 Å². The van der Waals surface area contributed by atoms with E-state index in [1.165, 1.54) is 5.56 Å². The molecule has 0 radical (unpaired) electrons. The zero-order chi connectivity index (χ0) is 15.7. The van der Waals surface area contributed by atoms with E-state index in [2.05, 4.69) is 31.0 Å². The largest absolute Gasteiger partial charge is 0.481 e. The van der Waals surface area contributed by atoms with Gasteiger partial charge in [0.2, 0.25) is 0 Å². The van der Waals surface area contributed by atoms with Crippen LogP contribution in [-0.2, 0) is 11.2 Å². The van der Waals surface area contributed by atoms with E-state index in [1.54, 1.807) is 0 Å². The number of pyridine rings is 1. The van der Waals surface area contributed by atoms with Crippen molar-refractivity contribution in [2.45, 2.75) is 26.2 Å². The van der Waals surface area contributed by atoms with Crippen LogP contribution in [0.15, 0.2) is 48.7 Å². The van der Waals surface area contributed by atoms with Crippen LogP contribution >= 0.6 is 0 Å². The summed E-state index contributed by atoms with van der Waals surface area (Å²) in [5, 5.41) is 9.19. The van der Waals surface area contributed by atoms with Gasteiger partial charge in [-0.2, -0.15) is 0 Å². The Morgan fingerprint density at radius 3 is 2.55 bits per heavy atom. The van der Waals surface area contributed by atoms with Crippen LogP contribution in [0.25, 0.3) is 16.9 Å². The van der Waals surface area contributed by atoms with E-state index in [0.29, 0.717) is 11.6 Å². The first-order valence-electron chi connectivity index (χ1n) is 7.34. The van der Waals surface area contributed by atoms with Gasteiger partial charge in [-0.15, -0.1) is 0 Å². The molecule has 22 heavy (non-hydrogen) atoms. The van der Waals surface area contributed by atoms with Crippen molar-refractivity contribution in [3.05, 3.63) is 59.9 Å². The van der Waals surface area contributed by atoms with Crippen LogP contribution in [0.5, 0.6) is 0 Å². The van der Waals surface area contributed by atoms with E-state index in [4.69, 9.17) is 0 Å². The molecule has 1 N–H and O–H groups in total. The summed E-state index contributed by atoms with van der Waals surface area (Å²) >= 11 is 0. The molecule has 0 aliphatic heterocycles. The molecule has 3 aromatic rings. The third-order valence-electron chi connectivity index (χ3n) is 3.80. The maximum absolute atomic E-state index is 11.2. The number of aliphatic carboxylic acids is 1. The highest BCUT2D eigenvalue weighted by molar-refractivity contribution is 5.76. The second-order valence-electron chi connectivity index (χ2n) is 5.68. The summed E-state index contributed by atoms with van der Waals surface area (Å²) in [6.45, 7) is 4.30. The third kappa shape index (κ3) is 2.60. The van der Waals surface area contributed by atoms with E-state index in [1.807, 2.05) is 40.9 Å². The zero-order valence-electron chi connectivity index (χ0n) is 12.7. The lowest BCUT2D eigenvalue weighted by molar-refractivity contribution is -0.136. The van der Waals surface area contributed by atoms with Crippen LogP contribution in [-0.4, -0.2) is 20.5 Å². The van der Waals surface area contributed by atoms with Crippen molar-refractivity contribution >= 4 is 11.6 Å². The number of fused-ring (bicyclic) bond motifs is 1. The van der Waals surface area contributed by atoms with E-state index in [-0.39, 0.29) is 6.42 Å². The first kappa shape index (κ1) is 14.3. The fourth-order valence-corrected chi connectivity index (χ4v) is 2.62. The van der Waals surface area contributed by atoms with Gasteiger partial charge >= 0.3 is 5.97 Å². The Labute approximate surface area is 129 Å². The molecule has 4 nitrogen and oxygen atoms in total. The highest BCUT2D eigenvalue weighted by Gasteiger charge is 2.16. The predicted octanol–water partition coefficient (Wildman–Crippen LogP) is 3.75. The van der Waals surface area contributed by atoms with Gasteiger partial charge in [0, 0.05) is 11.8 Å². The maximum atomic E-state index is 11.2. The summed E-state index contributed by atoms with van der Waals surface area (Å²) in [6, 6.07) is 13.9. The van der Waals surface area contributed by atoms with Crippen molar-refractivity contribution in [1.29, 1.82) is 0 Å². The predicted molar refractivity (Wildman–Crippen MR) is 86.1 cm³/mol. The molecule has 112 valence electrons. The SMILES string of the molecule is CC(C)c1ccc(-c2nc3ccccn3c2CC(=O)O)cc1. The third-order valence-corrected chi connectivity index (χ3v) is 3.80. The number of hydrogen-bond acceptors (Lipinski definition) is 2. The minimum Gasteiger partial charge on any atom is -0.481 e. The fourth-order valence-electron chi connectivity index (χ4n) is 2.62. The second kappa shape index (κ2) is 5.64. The Bertz CT molecular complexity index is 817. The molecule has 0 fully saturated rings. The summed E-state index contributed by atoms with van der Waals surface area (Å²) in [7, 11) is 0. The van der Waals surface area contributed by atoms with Crippen LogP contribution < -0.4 is 0 Å². The van der Waals surface area contributed by atoms with Crippen LogP contribution in [0.1, 0.15) is 31.0 Å². The smallest absolute Gasteiger partial charge is 0.309 e. The van der Waals surface area contributed by atoms with Gasteiger partial charge in [-0.05, 0) is 23.6 Å². The standard InChI is InChI=1S/C18H18N2O2/c1-12(2)13-6-8-14(9-7-13)18-15(11-17(21)22)20-10-4-3-5-16(20)19-18/h3-10,12H,11H2,1-2H3,(H,21,22). The van der Waals surface area contributed by atoms with Crippen molar-refractivity contribution in [2.75, 3.05) is 0 Å². The number of carbonyl (C=O) groups is 1. The van der Waals surface area contributed by atoms with Gasteiger partial charge in [0.15, 0.2) is 0 Å². The normalized spacial score (nSPS) is 11.2. The number of benzene rings is 1. The maximum Gasteiger partial charge on any atom is 0.309 e. The summed E-state index contributed by atoms with van der Waals surface area (Å²) in [4.78, 5) is 15.8. The molecule has 0 atom stereocenters. The summed E-state index contributed by atoms with van der Waals surface area (Å²) in [6.07, 6.45) is 1.80. The summed E-state index contributed by atoms with van der Waals surface area (Å²) in [5.74, 6) is -0.390. The monoisotopic (exact) mass is 294 g/mol. The molecule has 0 aliphatic carbocycles. The van der Waals surface area contributed by atoms with E-state index >= 15 is 0 Å². The fraction of sp³-hybridized carbons (Fsp3) is 0.222. The zero-order valence-corrected chi connectivity index (χ0v) is 12.7. The van der Waals surface area contributed by atoms with Gasteiger partial charge in [0.05, 0.1) is 17.8 Å². The van der Waals surface area contributed by atoms with Crippen LogP contribution in [0, 0.1) is 0 Å². The number of rotatable bonds is 4. The minimum absolute atomic E-state index is 0.0492. The quantitative estimate of drug-likeness (QED) is 0.797. The number of carboxylic acids is 1. The molecular formula is C18H18N2O2. The van der Waals surface area contributed by atoms with E-state index < -0.39 is 5.97 Å². The van der Waals surface area contributed by atoms with Crippen molar-refractivity contribution in [1.82, 2.24) is 9.38 Å². The number of nitrogens with zero attached hydrogens (tertiary/aromatic N) is 2. The van der Waals surface area contributed by atoms with Gasteiger partial charge in [-0.25, -0.2) is 4.98 Å². The molecule has 0 saturated heterocycles. The van der Waals surface area contributed by atoms with Crippen molar-refractivity contribution < 1.29 is 9.90 Å². The van der Waals surface area contributed by atoms with Crippen molar-refractivity contribution in [2.24, 2.45) is 0 Å². The number of carboxylic acid groups (broad SMARTS) is 1. The van der Waals surface area contributed by atoms with Gasteiger partial charge in [0.25, 0.3) is 0 Å². The molecule has 4 heteroatoms. The summed E-state index contributed by atoms with van der Waals surface area (Å²) < 4.78 is 1.85. The van der Waals surface area contributed by atoms with Crippen molar-refractivity contribution in [3.8, 4) is 11.3 Å². The lowest BCUT2D eigenvalue weighted by Crippen LogP contribution is -2.04. The number of imidazole rings is 1. The number of hydrogen-bond donors (Lipinski definition) is 1. The second-order valence-corrected chi connectivity index (χ2v) is 5.68. The van der Waals surface area contributed by atoms with Crippen LogP contribution in [0.3, 0.4) is 0 Å².